The Kier molecular flexibility index (Phi) is 3.20. The molecular weight excluding hydrogens is 196 g/mol. The molecule has 1 aromatic rings. The lowest BCUT2D eigenvalue weighted by Crippen LogP contribution is -2.35. The zero-order valence-corrected chi connectivity index (χ0v) is 10.6. The molecule has 0 aromatic heterocycles. The summed E-state index contributed by atoms with van der Waals surface area (Å²) in [7, 11) is 2.19. The van der Waals surface area contributed by atoms with Crippen LogP contribution in [0.3, 0.4) is 0 Å². The van der Waals surface area contributed by atoms with Crippen LogP contribution in [0.1, 0.15) is 18.9 Å². The molecule has 0 bridgehead atoms. The summed E-state index contributed by atoms with van der Waals surface area (Å²) in [5.41, 5.74) is 3.09. The molecular formula is C14H22N2. The van der Waals surface area contributed by atoms with Gasteiger partial charge in [0.05, 0.1) is 0 Å². The van der Waals surface area contributed by atoms with Crippen molar-refractivity contribution in [3.05, 3.63) is 29.8 Å². The second kappa shape index (κ2) is 4.46. The number of nitrogens with zero attached hydrogens (tertiary/aromatic N) is 1. The number of aryl methyl sites for hydroxylation is 1. The molecule has 0 saturated carbocycles. The van der Waals surface area contributed by atoms with Crippen molar-refractivity contribution in [3.8, 4) is 0 Å². The molecule has 1 heterocycles. The van der Waals surface area contributed by atoms with Gasteiger partial charge in [-0.1, -0.05) is 19.1 Å². The minimum absolute atomic E-state index is 0.429. The number of hydrogen-bond acceptors (Lipinski definition) is 2. The lowest BCUT2D eigenvalue weighted by molar-refractivity contribution is 0.371. The summed E-state index contributed by atoms with van der Waals surface area (Å²) in [6.07, 6.45) is 1.28. The molecule has 0 spiro atoms. The van der Waals surface area contributed by atoms with E-state index >= 15 is 0 Å². The molecule has 1 unspecified atom stereocenters. The minimum atomic E-state index is 0.429. The highest BCUT2D eigenvalue weighted by Gasteiger charge is 2.29. The van der Waals surface area contributed by atoms with E-state index in [0.29, 0.717) is 5.41 Å². The Balaban J connectivity index is 2.05. The fourth-order valence-electron chi connectivity index (χ4n) is 2.53. The molecule has 1 saturated heterocycles. The van der Waals surface area contributed by atoms with Gasteiger partial charge in [-0.3, -0.25) is 0 Å². The first-order valence-corrected chi connectivity index (χ1v) is 6.08. The average molecular weight is 218 g/mol. The van der Waals surface area contributed by atoms with E-state index in [1.54, 1.807) is 0 Å². The van der Waals surface area contributed by atoms with Crippen LogP contribution in [0.25, 0.3) is 0 Å². The van der Waals surface area contributed by atoms with Gasteiger partial charge in [0.1, 0.15) is 0 Å². The Morgan fingerprint density at radius 3 is 2.88 bits per heavy atom. The van der Waals surface area contributed by atoms with Gasteiger partial charge in [0.15, 0.2) is 0 Å². The van der Waals surface area contributed by atoms with E-state index in [9.17, 15) is 0 Å². The highest BCUT2D eigenvalue weighted by atomic mass is 15.1. The van der Waals surface area contributed by atoms with Crippen LogP contribution in [-0.2, 0) is 0 Å². The van der Waals surface area contributed by atoms with Crippen LogP contribution in [0.4, 0.5) is 5.69 Å². The zero-order valence-electron chi connectivity index (χ0n) is 10.6. The van der Waals surface area contributed by atoms with Crippen molar-refractivity contribution in [2.24, 2.45) is 5.41 Å². The predicted molar refractivity (Wildman–Crippen MR) is 70.0 cm³/mol. The van der Waals surface area contributed by atoms with Crippen LogP contribution in [0, 0.1) is 12.3 Å². The van der Waals surface area contributed by atoms with Gasteiger partial charge in [0.25, 0.3) is 0 Å². The van der Waals surface area contributed by atoms with Crippen LogP contribution in [-0.4, -0.2) is 26.7 Å². The summed E-state index contributed by atoms with van der Waals surface area (Å²) in [6.45, 7) is 7.96. The third kappa shape index (κ3) is 2.56. The smallest absolute Gasteiger partial charge is 0.0366 e. The van der Waals surface area contributed by atoms with Crippen molar-refractivity contribution >= 4 is 5.69 Å². The SMILES string of the molecule is Cc1cccc(N(C)CC2(C)CCNC2)c1. The molecule has 16 heavy (non-hydrogen) atoms. The summed E-state index contributed by atoms with van der Waals surface area (Å²) < 4.78 is 0. The highest BCUT2D eigenvalue weighted by Crippen LogP contribution is 2.27. The molecule has 1 aliphatic heterocycles. The molecule has 0 amide bonds. The second-order valence-electron chi connectivity index (χ2n) is 5.43. The minimum Gasteiger partial charge on any atom is -0.374 e. The molecule has 1 aliphatic rings. The Labute approximate surface area is 98.7 Å². The molecule has 1 atom stereocenters. The Morgan fingerprint density at radius 1 is 1.44 bits per heavy atom. The summed E-state index contributed by atoms with van der Waals surface area (Å²) in [6, 6.07) is 8.73. The van der Waals surface area contributed by atoms with Crippen molar-refractivity contribution in [2.75, 3.05) is 31.6 Å². The summed E-state index contributed by atoms with van der Waals surface area (Å²) in [5.74, 6) is 0. The normalized spacial score (nSPS) is 24.7. The van der Waals surface area contributed by atoms with Crippen LogP contribution in [0.15, 0.2) is 24.3 Å². The fourth-order valence-corrected chi connectivity index (χ4v) is 2.53. The monoisotopic (exact) mass is 218 g/mol. The van der Waals surface area contributed by atoms with E-state index in [0.717, 1.165) is 19.6 Å². The maximum atomic E-state index is 3.45. The molecule has 1 aromatic carbocycles. The topological polar surface area (TPSA) is 15.3 Å². The van der Waals surface area contributed by atoms with Gasteiger partial charge in [0.2, 0.25) is 0 Å². The molecule has 88 valence electrons. The third-order valence-electron chi connectivity index (χ3n) is 3.52. The van der Waals surface area contributed by atoms with Crippen LogP contribution in [0.2, 0.25) is 0 Å². The van der Waals surface area contributed by atoms with Gasteiger partial charge >= 0.3 is 0 Å². The van der Waals surface area contributed by atoms with Crippen molar-refractivity contribution in [3.63, 3.8) is 0 Å². The van der Waals surface area contributed by atoms with E-state index in [1.807, 2.05) is 0 Å². The van der Waals surface area contributed by atoms with Crippen LogP contribution < -0.4 is 10.2 Å². The molecule has 0 radical (unpaired) electrons. The highest BCUT2D eigenvalue weighted by molar-refractivity contribution is 5.47. The van der Waals surface area contributed by atoms with Crippen LogP contribution >= 0.6 is 0 Å². The lowest BCUT2D eigenvalue weighted by Gasteiger charge is -2.30. The molecule has 1 N–H and O–H groups in total. The summed E-state index contributed by atoms with van der Waals surface area (Å²) in [5, 5.41) is 3.45. The largest absolute Gasteiger partial charge is 0.374 e. The quantitative estimate of drug-likeness (QED) is 0.838. The molecule has 0 aliphatic carbocycles. The standard InChI is InChI=1S/C14H22N2/c1-12-5-4-6-13(9-12)16(3)11-14(2)7-8-15-10-14/h4-6,9,15H,7-8,10-11H2,1-3H3. The van der Waals surface area contributed by atoms with Crippen molar-refractivity contribution < 1.29 is 0 Å². The van der Waals surface area contributed by atoms with Crippen molar-refractivity contribution in [2.45, 2.75) is 20.3 Å². The zero-order chi connectivity index (χ0) is 11.6. The summed E-state index contributed by atoms with van der Waals surface area (Å²) in [4.78, 5) is 2.38. The Hall–Kier alpha value is -1.02. The lowest BCUT2D eigenvalue weighted by atomic mass is 9.89. The maximum absolute atomic E-state index is 3.45. The first-order chi connectivity index (χ1) is 7.59. The average Bonchev–Trinajstić information content (AvgIpc) is 2.65. The van der Waals surface area contributed by atoms with Gasteiger partial charge in [-0.2, -0.15) is 0 Å². The van der Waals surface area contributed by atoms with Crippen LogP contribution in [0.5, 0.6) is 0 Å². The van der Waals surface area contributed by atoms with Gasteiger partial charge in [-0.05, 0) is 43.0 Å². The van der Waals surface area contributed by atoms with Gasteiger partial charge in [0, 0.05) is 25.8 Å². The Morgan fingerprint density at radius 2 is 2.25 bits per heavy atom. The van der Waals surface area contributed by atoms with Gasteiger partial charge < -0.3 is 10.2 Å². The predicted octanol–water partition coefficient (Wildman–Crippen LogP) is 2.43. The molecule has 2 rings (SSSR count). The number of benzene rings is 1. The van der Waals surface area contributed by atoms with Gasteiger partial charge in [-0.25, -0.2) is 0 Å². The second-order valence-corrected chi connectivity index (χ2v) is 5.43. The third-order valence-corrected chi connectivity index (χ3v) is 3.52. The molecule has 1 fully saturated rings. The van der Waals surface area contributed by atoms with E-state index < -0.39 is 0 Å². The van der Waals surface area contributed by atoms with Crippen molar-refractivity contribution in [1.82, 2.24) is 5.32 Å². The van der Waals surface area contributed by atoms with Gasteiger partial charge in [-0.15, -0.1) is 0 Å². The number of anilines is 1. The first kappa shape index (κ1) is 11.5. The van der Waals surface area contributed by atoms with E-state index in [-0.39, 0.29) is 0 Å². The number of hydrogen-bond donors (Lipinski definition) is 1. The van der Waals surface area contributed by atoms with E-state index in [2.05, 4.69) is 55.4 Å². The molecule has 2 heteroatoms. The number of nitrogens with one attached hydrogen (secondary N) is 1. The molecule has 2 nitrogen and oxygen atoms in total. The fraction of sp³-hybridized carbons (Fsp3) is 0.571. The number of rotatable bonds is 3. The van der Waals surface area contributed by atoms with Crippen molar-refractivity contribution in [1.29, 1.82) is 0 Å². The summed E-state index contributed by atoms with van der Waals surface area (Å²) >= 11 is 0. The first-order valence-electron chi connectivity index (χ1n) is 6.08. The maximum Gasteiger partial charge on any atom is 0.0366 e. The Bertz CT molecular complexity index is 354. The van der Waals surface area contributed by atoms with E-state index in [1.165, 1.54) is 17.7 Å². The van der Waals surface area contributed by atoms with E-state index in [4.69, 9.17) is 0 Å².